The maximum atomic E-state index is 12.9. The van der Waals surface area contributed by atoms with Gasteiger partial charge in [-0.3, -0.25) is 18.8 Å². The Morgan fingerprint density at radius 2 is 1.57 bits per heavy atom. The normalized spacial score (nSPS) is 19.0. The Balaban J connectivity index is 1.39. The first-order valence-electron chi connectivity index (χ1n) is 10.9. The number of aryl methyl sites for hydroxylation is 2. The number of fused-ring (bicyclic) bond motifs is 1. The van der Waals surface area contributed by atoms with E-state index in [0.29, 0.717) is 19.5 Å². The molecule has 4 rings (SSSR count). The van der Waals surface area contributed by atoms with Crippen LogP contribution in [0.25, 0.3) is 11.0 Å². The molecular formula is C22H32N4O2. The number of imidazole rings is 1. The van der Waals surface area contributed by atoms with E-state index in [1.807, 2.05) is 33.7 Å². The molecular weight excluding hydrogens is 352 g/mol. The van der Waals surface area contributed by atoms with Crippen LogP contribution in [0.2, 0.25) is 0 Å². The van der Waals surface area contributed by atoms with Gasteiger partial charge in [0.05, 0.1) is 11.0 Å². The number of para-hydroxylation sites is 2. The van der Waals surface area contributed by atoms with Gasteiger partial charge in [-0.2, -0.15) is 0 Å². The zero-order valence-corrected chi connectivity index (χ0v) is 17.0. The van der Waals surface area contributed by atoms with E-state index in [1.165, 1.54) is 25.7 Å². The fraction of sp³-hybridized carbons (Fsp3) is 0.636. The molecule has 1 saturated heterocycles. The van der Waals surface area contributed by atoms with Gasteiger partial charge in [0, 0.05) is 51.7 Å². The van der Waals surface area contributed by atoms with Gasteiger partial charge in [-0.15, -0.1) is 0 Å². The molecule has 2 heterocycles. The molecule has 0 unspecified atom stereocenters. The summed E-state index contributed by atoms with van der Waals surface area (Å²) < 4.78 is 3.61. The van der Waals surface area contributed by atoms with Gasteiger partial charge in [-0.05, 0) is 31.4 Å². The molecule has 6 heteroatoms. The Morgan fingerprint density at radius 1 is 0.964 bits per heavy atom. The summed E-state index contributed by atoms with van der Waals surface area (Å²) in [5.41, 5.74) is 1.90. The number of amides is 1. The van der Waals surface area contributed by atoms with E-state index in [0.717, 1.165) is 49.7 Å². The zero-order chi connectivity index (χ0) is 19.5. The summed E-state index contributed by atoms with van der Waals surface area (Å²) >= 11 is 0. The summed E-state index contributed by atoms with van der Waals surface area (Å²) in [6.07, 6.45) is 6.65. The molecule has 2 aliphatic rings. The van der Waals surface area contributed by atoms with E-state index in [4.69, 9.17) is 0 Å². The molecule has 1 aromatic carbocycles. The number of benzene rings is 1. The third kappa shape index (κ3) is 3.75. The molecule has 0 radical (unpaired) electrons. The van der Waals surface area contributed by atoms with E-state index in [2.05, 4.69) is 11.8 Å². The Bertz CT molecular complexity index is 870. The van der Waals surface area contributed by atoms with E-state index < -0.39 is 0 Å². The molecule has 1 saturated carbocycles. The Kier molecular flexibility index (Phi) is 5.85. The lowest BCUT2D eigenvalue weighted by molar-refractivity contribution is -0.133. The SMILES string of the molecule is CCCn1c(=O)n(CCC(=O)N2CCN(C3CCCC3)CC2)c2ccccc21. The van der Waals surface area contributed by atoms with Crippen LogP contribution < -0.4 is 5.69 Å². The van der Waals surface area contributed by atoms with Crippen molar-refractivity contribution in [2.45, 2.75) is 64.6 Å². The summed E-state index contributed by atoms with van der Waals surface area (Å²) in [4.78, 5) is 30.2. The number of nitrogens with zero attached hydrogens (tertiary/aromatic N) is 4. The molecule has 6 nitrogen and oxygen atoms in total. The van der Waals surface area contributed by atoms with Crippen molar-refractivity contribution >= 4 is 16.9 Å². The second kappa shape index (κ2) is 8.52. The third-order valence-electron chi connectivity index (χ3n) is 6.43. The van der Waals surface area contributed by atoms with E-state index >= 15 is 0 Å². The molecule has 1 aliphatic heterocycles. The van der Waals surface area contributed by atoms with E-state index in [9.17, 15) is 9.59 Å². The standard InChI is InChI=1S/C22H32N4O2/c1-2-12-25-19-9-5-6-10-20(19)26(22(25)28)13-11-21(27)24-16-14-23(15-17-24)18-7-3-4-8-18/h5-6,9-10,18H,2-4,7-8,11-17H2,1H3. The highest BCUT2D eigenvalue weighted by Gasteiger charge is 2.27. The molecule has 1 amide bonds. The predicted octanol–water partition coefficient (Wildman–Crippen LogP) is 2.69. The fourth-order valence-corrected chi connectivity index (χ4v) is 4.90. The lowest BCUT2D eigenvalue weighted by Crippen LogP contribution is -2.51. The number of piperazine rings is 1. The van der Waals surface area contributed by atoms with Crippen LogP contribution in [0.4, 0.5) is 0 Å². The van der Waals surface area contributed by atoms with E-state index in [-0.39, 0.29) is 11.6 Å². The summed E-state index contributed by atoms with van der Waals surface area (Å²) in [5, 5.41) is 0. The lowest BCUT2D eigenvalue weighted by atomic mass is 10.1. The number of hydrogen-bond donors (Lipinski definition) is 0. The average Bonchev–Trinajstić information content (AvgIpc) is 3.35. The first kappa shape index (κ1) is 19.2. The maximum absolute atomic E-state index is 12.9. The predicted molar refractivity (Wildman–Crippen MR) is 112 cm³/mol. The number of rotatable bonds is 6. The highest BCUT2D eigenvalue weighted by atomic mass is 16.2. The Hall–Kier alpha value is -2.08. The molecule has 152 valence electrons. The van der Waals surface area contributed by atoms with Crippen molar-refractivity contribution in [2.75, 3.05) is 26.2 Å². The molecule has 0 bridgehead atoms. The minimum absolute atomic E-state index is 0.00176. The molecule has 0 N–H and O–H groups in total. The zero-order valence-electron chi connectivity index (χ0n) is 17.0. The number of hydrogen-bond acceptors (Lipinski definition) is 3. The number of carbonyl (C=O) groups excluding carboxylic acids is 1. The summed E-state index contributed by atoms with van der Waals surface area (Å²) in [6, 6.07) is 8.63. The largest absolute Gasteiger partial charge is 0.340 e. The molecule has 0 atom stereocenters. The van der Waals surface area contributed by atoms with Crippen LogP contribution in [-0.4, -0.2) is 57.1 Å². The number of aromatic nitrogens is 2. The monoisotopic (exact) mass is 384 g/mol. The van der Waals surface area contributed by atoms with Gasteiger partial charge >= 0.3 is 5.69 Å². The van der Waals surface area contributed by atoms with Crippen LogP contribution in [0.15, 0.2) is 29.1 Å². The molecule has 1 aliphatic carbocycles. The minimum Gasteiger partial charge on any atom is -0.340 e. The second-order valence-corrected chi connectivity index (χ2v) is 8.18. The molecule has 1 aromatic heterocycles. The summed E-state index contributed by atoms with van der Waals surface area (Å²) in [6.45, 7) is 6.87. The van der Waals surface area contributed by atoms with Gasteiger partial charge in [0.1, 0.15) is 0 Å². The Morgan fingerprint density at radius 3 is 2.18 bits per heavy atom. The second-order valence-electron chi connectivity index (χ2n) is 8.18. The van der Waals surface area contributed by atoms with Crippen molar-refractivity contribution in [1.82, 2.24) is 18.9 Å². The molecule has 2 aromatic rings. The van der Waals surface area contributed by atoms with Gasteiger partial charge in [0.2, 0.25) is 5.91 Å². The quantitative estimate of drug-likeness (QED) is 0.769. The lowest BCUT2D eigenvalue weighted by Gasteiger charge is -2.38. The smallest absolute Gasteiger partial charge is 0.329 e. The third-order valence-corrected chi connectivity index (χ3v) is 6.43. The van der Waals surface area contributed by atoms with Crippen LogP contribution >= 0.6 is 0 Å². The van der Waals surface area contributed by atoms with Gasteiger partial charge in [-0.25, -0.2) is 4.79 Å². The van der Waals surface area contributed by atoms with Crippen molar-refractivity contribution in [1.29, 1.82) is 0 Å². The molecule has 0 spiro atoms. The molecule has 28 heavy (non-hydrogen) atoms. The number of carbonyl (C=O) groups is 1. The van der Waals surface area contributed by atoms with Crippen LogP contribution in [0.5, 0.6) is 0 Å². The van der Waals surface area contributed by atoms with E-state index in [1.54, 1.807) is 4.57 Å². The summed E-state index contributed by atoms with van der Waals surface area (Å²) in [5.74, 6) is 0.172. The minimum atomic E-state index is 0.00176. The van der Waals surface area contributed by atoms with Gasteiger partial charge < -0.3 is 4.90 Å². The maximum Gasteiger partial charge on any atom is 0.329 e. The fourth-order valence-electron chi connectivity index (χ4n) is 4.90. The highest BCUT2D eigenvalue weighted by molar-refractivity contribution is 5.78. The summed E-state index contributed by atoms with van der Waals surface area (Å²) in [7, 11) is 0. The first-order chi connectivity index (χ1) is 13.7. The first-order valence-corrected chi connectivity index (χ1v) is 10.9. The van der Waals surface area contributed by atoms with Gasteiger partial charge in [-0.1, -0.05) is 31.9 Å². The van der Waals surface area contributed by atoms with Crippen LogP contribution in [0.3, 0.4) is 0 Å². The topological polar surface area (TPSA) is 50.5 Å². The van der Waals surface area contributed by atoms with Crippen molar-refractivity contribution < 1.29 is 4.79 Å². The molecule has 2 fully saturated rings. The highest BCUT2D eigenvalue weighted by Crippen LogP contribution is 2.24. The van der Waals surface area contributed by atoms with Crippen molar-refractivity contribution in [3.05, 3.63) is 34.7 Å². The van der Waals surface area contributed by atoms with Gasteiger partial charge in [0.15, 0.2) is 0 Å². The van der Waals surface area contributed by atoms with Crippen molar-refractivity contribution in [3.8, 4) is 0 Å². The van der Waals surface area contributed by atoms with Crippen LogP contribution in [0, 0.1) is 0 Å². The van der Waals surface area contributed by atoms with Crippen molar-refractivity contribution in [3.63, 3.8) is 0 Å². The van der Waals surface area contributed by atoms with Crippen molar-refractivity contribution in [2.24, 2.45) is 0 Å². The van der Waals surface area contributed by atoms with Crippen LogP contribution in [0.1, 0.15) is 45.4 Å². The Labute approximate surface area is 166 Å². The average molecular weight is 385 g/mol. The van der Waals surface area contributed by atoms with Crippen LogP contribution in [-0.2, 0) is 17.9 Å². The van der Waals surface area contributed by atoms with Gasteiger partial charge in [0.25, 0.3) is 0 Å².